The Morgan fingerprint density at radius 1 is 1.71 bits per heavy atom. The maximum absolute atomic E-state index is 11.4. The summed E-state index contributed by atoms with van der Waals surface area (Å²) in [7, 11) is 2.08. The standard InChI is InChI=1S/C11H17N3O2S/c1-3-16-11(15)10-13-8(7-17-10)6-14(2)9-4-12-5-9/h7,9,12H,3-6H2,1-2H3. The van der Waals surface area contributed by atoms with E-state index in [-0.39, 0.29) is 5.97 Å². The van der Waals surface area contributed by atoms with Crippen LogP contribution in [0.25, 0.3) is 0 Å². The molecule has 6 heteroatoms. The molecule has 1 fully saturated rings. The third-order valence-corrected chi connectivity index (χ3v) is 3.67. The first-order chi connectivity index (χ1) is 8.20. The molecule has 2 rings (SSSR count). The lowest BCUT2D eigenvalue weighted by atomic mass is 10.1. The van der Waals surface area contributed by atoms with Gasteiger partial charge in [-0.05, 0) is 14.0 Å². The zero-order chi connectivity index (χ0) is 12.3. The van der Waals surface area contributed by atoms with E-state index in [1.807, 2.05) is 5.38 Å². The largest absolute Gasteiger partial charge is 0.461 e. The van der Waals surface area contributed by atoms with Crippen LogP contribution in [0.5, 0.6) is 0 Å². The van der Waals surface area contributed by atoms with Crippen LogP contribution in [0.2, 0.25) is 0 Å². The van der Waals surface area contributed by atoms with E-state index < -0.39 is 0 Å². The van der Waals surface area contributed by atoms with Crippen molar-refractivity contribution in [3.05, 3.63) is 16.1 Å². The second-order valence-electron chi connectivity index (χ2n) is 4.09. The Balaban J connectivity index is 1.91. The van der Waals surface area contributed by atoms with Crippen LogP contribution in [0.3, 0.4) is 0 Å². The molecule has 1 N–H and O–H groups in total. The van der Waals surface area contributed by atoms with Crippen LogP contribution in [-0.2, 0) is 11.3 Å². The third kappa shape index (κ3) is 3.02. The number of thiazole rings is 1. The lowest BCUT2D eigenvalue weighted by molar-refractivity contribution is 0.0525. The molecule has 0 spiro atoms. The molecule has 1 aromatic rings. The molecule has 0 amide bonds. The molecule has 0 bridgehead atoms. The van der Waals surface area contributed by atoms with Crippen LogP contribution >= 0.6 is 11.3 Å². The lowest BCUT2D eigenvalue weighted by Crippen LogP contribution is -2.55. The van der Waals surface area contributed by atoms with Crippen LogP contribution in [0.4, 0.5) is 0 Å². The molecule has 17 heavy (non-hydrogen) atoms. The van der Waals surface area contributed by atoms with E-state index in [1.54, 1.807) is 6.92 Å². The number of carbonyl (C=O) groups is 1. The van der Waals surface area contributed by atoms with Gasteiger partial charge in [-0.15, -0.1) is 11.3 Å². The molecule has 1 saturated heterocycles. The number of hydrogen-bond donors (Lipinski definition) is 1. The summed E-state index contributed by atoms with van der Waals surface area (Å²) >= 11 is 1.35. The molecular weight excluding hydrogens is 238 g/mol. The van der Waals surface area contributed by atoms with Gasteiger partial charge in [0.1, 0.15) is 0 Å². The summed E-state index contributed by atoms with van der Waals surface area (Å²) in [6.07, 6.45) is 0. The van der Waals surface area contributed by atoms with Gasteiger partial charge in [-0.25, -0.2) is 9.78 Å². The lowest BCUT2D eigenvalue weighted by Gasteiger charge is -2.35. The summed E-state index contributed by atoms with van der Waals surface area (Å²) in [5.74, 6) is -0.322. The molecule has 5 nitrogen and oxygen atoms in total. The Bertz CT molecular complexity index is 390. The Morgan fingerprint density at radius 3 is 3.06 bits per heavy atom. The summed E-state index contributed by atoms with van der Waals surface area (Å²) in [5, 5.41) is 5.61. The number of nitrogens with zero attached hydrogens (tertiary/aromatic N) is 2. The Morgan fingerprint density at radius 2 is 2.47 bits per heavy atom. The van der Waals surface area contributed by atoms with Crippen molar-refractivity contribution >= 4 is 17.3 Å². The number of carbonyl (C=O) groups excluding carboxylic acids is 1. The first-order valence-corrected chi connectivity index (χ1v) is 6.61. The zero-order valence-corrected chi connectivity index (χ0v) is 10.9. The van der Waals surface area contributed by atoms with Crippen molar-refractivity contribution < 1.29 is 9.53 Å². The fraction of sp³-hybridized carbons (Fsp3) is 0.636. The van der Waals surface area contributed by atoms with Crippen LogP contribution < -0.4 is 5.32 Å². The first-order valence-electron chi connectivity index (χ1n) is 5.73. The number of aromatic nitrogens is 1. The van der Waals surface area contributed by atoms with Crippen molar-refractivity contribution in [3.8, 4) is 0 Å². The molecule has 94 valence electrons. The average Bonchev–Trinajstić information content (AvgIpc) is 2.63. The SMILES string of the molecule is CCOC(=O)c1nc(CN(C)C2CNC2)cs1. The normalized spacial score (nSPS) is 15.9. The van der Waals surface area contributed by atoms with Crippen molar-refractivity contribution in [3.63, 3.8) is 0 Å². The number of likely N-dealkylation sites (N-methyl/N-ethyl adjacent to an activating group) is 1. The van der Waals surface area contributed by atoms with E-state index in [0.29, 0.717) is 17.7 Å². The van der Waals surface area contributed by atoms with E-state index in [1.165, 1.54) is 11.3 Å². The highest BCUT2D eigenvalue weighted by Crippen LogP contribution is 2.14. The number of rotatable bonds is 5. The summed E-state index contributed by atoms with van der Waals surface area (Å²) in [5.41, 5.74) is 0.937. The molecule has 0 atom stereocenters. The van der Waals surface area contributed by atoms with Gasteiger partial charge in [0.2, 0.25) is 5.01 Å². The van der Waals surface area contributed by atoms with Gasteiger partial charge in [-0.1, -0.05) is 0 Å². The van der Waals surface area contributed by atoms with Crippen LogP contribution in [0, 0.1) is 0 Å². The number of nitrogens with one attached hydrogen (secondary N) is 1. The molecule has 1 aliphatic rings. The molecule has 2 heterocycles. The summed E-state index contributed by atoms with van der Waals surface area (Å²) in [6, 6.07) is 0.586. The summed E-state index contributed by atoms with van der Waals surface area (Å²) in [4.78, 5) is 18.0. The fourth-order valence-electron chi connectivity index (χ4n) is 1.64. The predicted molar refractivity (Wildman–Crippen MR) is 66.2 cm³/mol. The van der Waals surface area contributed by atoms with E-state index in [9.17, 15) is 4.79 Å². The quantitative estimate of drug-likeness (QED) is 0.786. The van der Waals surface area contributed by atoms with E-state index >= 15 is 0 Å². The fourth-order valence-corrected chi connectivity index (χ4v) is 2.34. The van der Waals surface area contributed by atoms with E-state index in [0.717, 1.165) is 25.3 Å². The third-order valence-electron chi connectivity index (χ3n) is 2.80. The van der Waals surface area contributed by atoms with Gasteiger partial charge < -0.3 is 10.1 Å². The molecule has 0 unspecified atom stereocenters. The molecule has 1 aromatic heterocycles. The monoisotopic (exact) mass is 255 g/mol. The molecule has 0 aliphatic carbocycles. The summed E-state index contributed by atoms with van der Waals surface area (Å²) < 4.78 is 4.91. The van der Waals surface area contributed by atoms with Gasteiger partial charge >= 0.3 is 5.97 Å². The number of ether oxygens (including phenoxy) is 1. The van der Waals surface area contributed by atoms with Crippen LogP contribution in [0.15, 0.2) is 5.38 Å². The van der Waals surface area contributed by atoms with Gasteiger partial charge in [0.05, 0.1) is 12.3 Å². The maximum atomic E-state index is 11.4. The molecule has 0 radical (unpaired) electrons. The van der Waals surface area contributed by atoms with Gasteiger partial charge in [-0.2, -0.15) is 0 Å². The molecular formula is C11H17N3O2S. The van der Waals surface area contributed by atoms with Crippen molar-refractivity contribution in [1.29, 1.82) is 0 Å². The van der Waals surface area contributed by atoms with Gasteiger partial charge in [-0.3, -0.25) is 4.90 Å². The molecule has 1 aliphatic heterocycles. The minimum Gasteiger partial charge on any atom is -0.461 e. The highest BCUT2D eigenvalue weighted by molar-refractivity contribution is 7.11. The van der Waals surface area contributed by atoms with Crippen LogP contribution in [0.1, 0.15) is 22.4 Å². The highest BCUT2D eigenvalue weighted by Gasteiger charge is 2.22. The number of esters is 1. The van der Waals surface area contributed by atoms with Gasteiger partial charge in [0.15, 0.2) is 0 Å². The van der Waals surface area contributed by atoms with E-state index in [4.69, 9.17) is 4.74 Å². The minimum atomic E-state index is -0.322. The Labute approximate surface area is 105 Å². The maximum Gasteiger partial charge on any atom is 0.367 e. The topological polar surface area (TPSA) is 54.5 Å². The Hall–Kier alpha value is -0.980. The molecule has 0 saturated carbocycles. The van der Waals surface area contributed by atoms with Crippen molar-refractivity contribution in [1.82, 2.24) is 15.2 Å². The highest BCUT2D eigenvalue weighted by atomic mass is 32.1. The smallest absolute Gasteiger partial charge is 0.367 e. The van der Waals surface area contributed by atoms with E-state index in [2.05, 4.69) is 22.2 Å². The minimum absolute atomic E-state index is 0.322. The van der Waals surface area contributed by atoms with Gasteiger partial charge in [0.25, 0.3) is 0 Å². The van der Waals surface area contributed by atoms with Gasteiger partial charge in [0, 0.05) is 31.1 Å². The second-order valence-corrected chi connectivity index (χ2v) is 4.95. The first kappa shape index (κ1) is 12.5. The number of hydrogen-bond acceptors (Lipinski definition) is 6. The van der Waals surface area contributed by atoms with Crippen molar-refractivity contribution in [2.24, 2.45) is 0 Å². The van der Waals surface area contributed by atoms with Crippen LogP contribution in [-0.4, -0.2) is 48.6 Å². The zero-order valence-electron chi connectivity index (χ0n) is 10.1. The predicted octanol–water partition coefficient (Wildman–Crippen LogP) is 0.723. The van der Waals surface area contributed by atoms with Crippen molar-refractivity contribution in [2.75, 3.05) is 26.7 Å². The second kappa shape index (κ2) is 5.57. The molecule has 0 aromatic carbocycles. The summed E-state index contributed by atoms with van der Waals surface area (Å²) in [6.45, 7) is 5.03. The Kier molecular flexibility index (Phi) is 4.09. The average molecular weight is 255 g/mol. The van der Waals surface area contributed by atoms with Crippen molar-refractivity contribution in [2.45, 2.75) is 19.5 Å².